The highest BCUT2D eigenvalue weighted by atomic mass is 16.6. The molecule has 0 spiro atoms. The maximum atomic E-state index is 11.2. The van der Waals surface area contributed by atoms with Crippen molar-refractivity contribution in [3.8, 4) is 11.5 Å². The molecular formula is C10H12N6O6. The van der Waals surface area contributed by atoms with Crippen LogP contribution in [0.15, 0.2) is 16.3 Å². The summed E-state index contributed by atoms with van der Waals surface area (Å²) < 4.78 is 9.93. The molecule has 1 rings (SSSR count). The fraction of sp³-hybridized carbons (Fsp3) is 0.200. The molecule has 0 saturated carbocycles. The molecule has 0 aliphatic heterocycles. The summed E-state index contributed by atoms with van der Waals surface area (Å²) in [6.07, 6.45) is 0.867. The van der Waals surface area contributed by atoms with Gasteiger partial charge in [0, 0.05) is 0 Å². The number of hydrogen-bond acceptors (Lipinski definition) is 8. The summed E-state index contributed by atoms with van der Waals surface area (Å²) in [4.78, 5) is 20.3. The molecule has 0 aromatic heterocycles. The first-order valence-corrected chi connectivity index (χ1v) is 5.53. The van der Waals surface area contributed by atoms with E-state index in [0.29, 0.717) is 0 Å². The average molecular weight is 312 g/mol. The van der Waals surface area contributed by atoms with Crippen LogP contribution in [0.3, 0.4) is 0 Å². The van der Waals surface area contributed by atoms with Crippen molar-refractivity contribution in [2.45, 2.75) is 0 Å². The molecule has 4 N–H and O–H groups in total. The first-order chi connectivity index (χ1) is 10.3. The summed E-state index contributed by atoms with van der Waals surface area (Å²) in [7, 11) is 2.44. The number of nitro groups is 2. The van der Waals surface area contributed by atoms with Gasteiger partial charge in [-0.05, 0) is 0 Å². The van der Waals surface area contributed by atoms with Crippen LogP contribution in [-0.2, 0) is 0 Å². The third kappa shape index (κ3) is 3.36. The average Bonchev–Trinajstić information content (AvgIpc) is 2.44. The monoisotopic (exact) mass is 312 g/mol. The predicted molar refractivity (Wildman–Crippen MR) is 76.3 cm³/mol. The number of methoxy groups -OCH3 is 2. The summed E-state index contributed by atoms with van der Waals surface area (Å²) in [5.74, 6) is -0.587. The number of guanidine groups is 1. The normalized spacial score (nSPS) is 10.3. The maximum Gasteiger partial charge on any atom is 0.358 e. The molecule has 118 valence electrons. The van der Waals surface area contributed by atoms with Crippen LogP contribution < -0.4 is 20.9 Å². The Hall–Kier alpha value is -3.44. The Kier molecular flexibility index (Phi) is 5.16. The molecule has 0 radical (unpaired) electrons. The van der Waals surface area contributed by atoms with Gasteiger partial charge in [-0.15, -0.1) is 5.10 Å². The molecule has 0 unspecified atom stereocenters. The largest absolute Gasteiger partial charge is 0.493 e. The molecule has 0 saturated heterocycles. The molecule has 1 aromatic rings. The van der Waals surface area contributed by atoms with Crippen molar-refractivity contribution in [3.05, 3.63) is 31.9 Å². The number of nitrogens with zero attached hydrogens (tertiary/aromatic N) is 4. The minimum absolute atomic E-state index is 0.0778. The Labute approximate surface area is 123 Å². The lowest BCUT2D eigenvalue weighted by Crippen LogP contribution is -2.21. The minimum atomic E-state index is -0.934. The molecule has 22 heavy (non-hydrogen) atoms. The number of benzene rings is 1. The number of rotatable bonds is 6. The fourth-order valence-electron chi connectivity index (χ4n) is 1.60. The summed E-state index contributed by atoms with van der Waals surface area (Å²) in [6.45, 7) is 0. The second-order valence-corrected chi connectivity index (χ2v) is 3.68. The molecule has 0 fully saturated rings. The minimum Gasteiger partial charge on any atom is -0.493 e. The van der Waals surface area contributed by atoms with Crippen molar-refractivity contribution >= 4 is 23.5 Å². The van der Waals surface area contributed by atoms with Gasteiger partial charge in [0.05, 0.1) is 36.3 Å². The number of hydrogen-bond donors (Lipinski definition) is 2. The molecule has 0 amide bonds. The molecule has 0 aliphatic carbocycles. The predicted octanol–water partition coefficient (Wildman–Crippen LogP) is 0.127. The van der Waals surface area contributed by atoms with E-state index >= 15 is 0 Å². The third-order valence-electron chi connectivity index (χ3n) is 2.40. The van der Waals surface area contributed by atoms with Crippen LogP contribution in [0.4, 0.5) is 11.4 Å². The van der Waals surface area contributed by atoms with Crippen LogP contribution in [0, 0.1) is 20.2 Å². The zero-order chi connectivity index (χ0) is 16.9. The van der Waals surface area contributed by atoms with E-state index in [-0.39, 0.29) is 17.1 Å². The van der Waals surface area contributed by atoms with Gasteiger partial charge in [-0.2, -0.15) is 5.10 Å². The summed E-state index contributed by atoms with van der Waals surface area (Å²) >= 11 is 0. The lowest BCUT2D eigenvalue weighted by molar-refractivity contribution is -0.422. The van der Waals surface area contributed by atoms with Gasteiger partial charge in [-0.3, -0.25) is 20.2 Å². The van der Waals surface area contributed by atoms with E-state index in [2.05, 4.69) is 10.2 Å². The van der Waals surface area contributed by atoms with Gasteiger partial charge in [-0.25, -0.2) is 0 Å². The summed E-state index contributed by atoms with van der Waals surface area (Å²) in [6, 6.07) is 0.884. The van der Waals surface area contributed by atoms with Crippen molar-refractivity contribution in [1.29, 1.82) is 0 Å². The van der Waals surface area contributed by atoms with Crippen LogP contribution in [0.2, 0.25) is 0 Å². The van der Waals surface area contributed by atoms with Gasteiger partial charge in [0.25, 0.3) is 0 Å². The van der Waals surface area contributed by atoms with Gasteiger partial charge in [0.2, 0.25) is 5.96 Å². The molecule has 0 heterocycles. The second kappa shape index (κ2) is 6.83. The molecule has 1 aromatic carbocycles. The van der Waals surface area contributed by atoms with Gasteiger partial charge in [0.1, 0.15) is 5.56 Å². The smallest absolute Gasteiger partial charge is 0.358 e. The highest BCUT2D eigenvalue weighted by molar-refractivity contribution is 5.94. The standard InChI is InChI=1S/C10H12N6O6/c1-21-7-3-6(15(17)18)8(16(19)20)5(9(7)22-2)4-13-14-10(11)12/h3-4H,1-2H3,(H4,11,12,14)/b13-4+. The van der Waals surface area contributed by atoms with Crippen LogP contribution in [0.25, 0.3) is 0 Å². The topological polar surface area (TPSA) is 182 Å². The van der Waals surface area contributed by atoms with E-state index in [1.54, 1.807) is 0 Å². The molecule has 0 aliphatic rings. The Morgan fingerprint density at radius 1 is 1.23 bits per heavy atom. The zero-order valence-corrected chi connectivity index (χ0v) is 11.5. The Morgan fingerprint density at radius 2 is 1.86 bits per heavy atom. The first-order valence-electron chi connectivity index (χ1n) is 5.53. The molecule has 12 nitrogen and oxygen atoms in total. The highest BCUT2D eigenvalue weighted by Gasteiger charge is 2.34. The molecule has 0 atom stereocenters. The van der Waals surface area contributed by atoms with Crippen molar-refractivity contribution < 1.29 is 19.3 Å². The summed E-state index contributed by atoms with van der Waals surface area (Å²) in [5, 5.41) is 28.9. The molecular weight excluding hydrogens is 300 g/mol. The van der Waals surface area contributed by atoms with Crippen molar-refractivity contribution in [3.63, 3.8) is 0 Å². The van der Waals surface area contributed by atoms with Crippen LogP contribution >= 0.6 is 0 Å². The Morgan fingerprint density at radius 3 is 2.27 bits per heavy atom. The first kappa shape index (κ1) is 16.6. The van der Waals surface area contributed by atoms with Gasteiger partial charge < -0.3 is 20.9 Å². The van der Waals surface area contributed by atoms with Gasteiger partial charge in [0.15, 0.2) is 11.5 Å². The lowest BCUT2D eigenvalue weighted by atomic mass is 10.1. The number of nitro benzene ring substituents is 2. The van der Waals surface area contributed by atoms with Crippen molar-refractivity contribution in [2.24, 2.45) is 21.7 Å². The third-order valence-corrected chi connectivity index (χ3v) is 2.40. The number of ether oxygens (including phenoxy) is 2. The number of nitrogens with two attached hydrogens (primary N) is 2. The Bertz CT molecular complexity index is 666. The van der Waals surface area contributed by atoms with Crippen LogP contribution in [-0.4, -0.2) is 36.2 Å². The van der Waals surface area contributed by atoms with Gasteiger partial charge in [-0.1, -0.05) is 0 Å². The van der Waals surface area contributed by atoms with Crippen molar-refractivity contribution in [1.82, 2.24) is 0 Å². The van der Waals surface area contributed by atoms with Crippen LogP contribution in [0.5, 0.6) is 11.5 Å². The second-order valence-electron chi connectivity index (χ2n) is 3.68. The van der Waals surface area contributed by atoms with Crippen LogP contribution in [0.1, 0.15) is 5.56 Å². The van der Waals surface area contributed by atoms with Gasteiger partial charge >= 0.3 is 11.4 Å². The van der Waals surface area contributed by atoms with E-state index in [1.807, 2.05) is 0 Å². The molecule has 0 bridgehead atoms. The fourth-order valence-corrected chi connectivity index (χ4v) is 1.60. The molecule has 12 heteroatoms. The van der Waals surface area contributed by atoms with E-state index < -0.39 is 27.2 Å². The Balaban J connectivity index is 3.76. The van der Waals surface area contributed by atoms with E-state index in [1.165, 1.54) is 14.2 Å². The SMILES string of the molecule is COc1cc([N+](=O)[O-])c([N+](=O)[O-])c(/C=N/N=C(N)N)c1OC. The maximum absolute atomic E-state index is 11.2. The lowest BCUT2D eigenvalue weighted by Gasteiger charge is -2.10. The quantitative estimate of drug-likeness (QED) is 0.321. The van der Waals surface area contributed by atoms with Crippen molar-refractivity contribution in [2.75, 3.05) is 14.2 Å². The van der Waals surface area contributed by atoms with E-state index in [9.17, 15) is 20.2 Å². The van der Waals surface area contributed by atoms with E-state index in [4.69, 9.17) is 20.9 Å². The van der Waals surface area contributed by atoms with E-state index in [0.717, 1.165) is 12.3 Å². The highest BCUT2D eigenvalue weighted by Crippen LogP contribution is 2.42. The zero-order valence-electron chi connectivity index (χ0n) is 11.5. The summed E-state index contributed by atoms with van der Waals surface area (Å²) in [5.41, 5.74) is 8.24.